The first-order chi connectivity index (χ1) is 8.02. The van der Waals surface area contributed by atoms with E-state index in [0.29, 0.717) is 38.0 Å². The summed E-state index contributed by atoms with van der Waals surface area (Å²) in [6.07, 6.45) is 1.70. The van der Waals surface area contributed by atoms with Crippen molar-refractivity contribution >= 4 is 21.8 Å². The zero-order valence-electron chi connectivity index (χ0n) is 10.4. The summed E-state index contributed by atoms with van der Waals surface area (Å²) in [6, 6.07) is 0. The molecule has 0 saturated carbocycles. The Balaban J connectivity index is 2.53. The Labute approximate surface area is 109 Å². The molecule has 5 nitrogen and oxygen atoms in total. The fourth-order valence-corrected chi connectivity index (χ4v) is 3.51. The Morgan fingerprint density at radius 2 is 2.00 bits per heavy atom. The second-order valence-corrected chi connectivity index (χ2v) is 6.66. The van der Waals surface area contributed by atoms with Gasteiger partial charge in [0.2, 0.25) is 0 Å². The van der Waals surface area contributed by atoms with Gasteiger partial charge in [0, 0.05) is 39.7 Å². The number of nitrogens with zero attached hydrogens (tertiary/aromatic N) is 2. The van der Waals surface area contributed by atoms with Gasteiger partial charge in [-0.1, -0.05) is 0 Å². The van der Waals surface area contributed by atoms with E-state index in [1.807, 2.05) is 0 Å². The monoisotopic (exact) mass is 284 g/mol. The van der Waals surface area contributed by atoms with Crippen molar-refractivity contribution in [2.24, 2.45) is 5.92 Å². The number of methoxy groups -OCH3 is 1. The number of ether oxygens (including phenoxy) is 1. The molecule has 0 bridgehead atoms. The highest BCUT2D eigenvalue weighted by Gasteiger charge is 2.30. The summed E-state index contributed by atoms with van der Waals surface area (Å²) in [5, 5.41) is 0. The molecule has 1 rings (SSSR count). The minimum atomic E-state index is -3.32. The van der Waals surface area contributed by atoms with Crippen LogP contribution in [0.5, 0.6) is 0 Å². The van der Waals surface area contributed by atoms with Crippen molar-refractivity contribution in [1.82, 2.24) is 8.61 Å². The molecule has 1 aliphatic heterocycles. The molecule has 0 unspecified atom stereocenters. The summed E-state index contributed by atoms with van der Waals surface area (Å²) in [5.41, 5.74) is 0. The zero-order valence-corrected chi connectivity index (χ0v) is 12.0. The lowest BCUT2D eigenvalue weighted by molar-refractivity contribution is 0.180. The van der Waals surface area contributed by atoms with Gasteiger partial charge in [-0.3, -0.25) is 0 Å². The number of alkyl halides is 1. The second kappa shape index (κ2) is 6.89. The van der Waals surface area contributed by atoms with E-state index in [2.05, 4.69) is 0 Å². The molecule has 7 heteroatoms. The van der Waals surface area contributed by atoms with Crippen LogP contribution in [-0.2, 0) is 14.9 Å². The molecular weight excluding hydrogens is 264 g/mol. The summed E-state index contributed by atoms with van der Waals surface area (Å²) in [4.78, 5) is 0. The van der Waals surface area contributed by atoms with Gasteiger partial charge in [0.25, 0.3) is 10.2 Å². The molecule has 0 N–H and O–H groups in total. The van der Waals surface area contributed by atoms with Crippen molar-refractivity contribution < 1.29 is 13.2 Å². The Morgan fingerprint density at radius 1 is 1.41 bits per heavy atom. The predicted molar refractivity (Wildman–Crippen MR) is 68.4 cm³/mol. The summed E-state index contributed by atoms with van der Waals surface area (Å²) >= 11 is 5.78. The fourth-order valence-electron chi connectivity index (χ4n) is 1.83. The number of hydrogen-bond acceptors (Lipinski definition) is 3. The van der Waals surface area contributed by atoms with Crippen molar-refractivity contribution in [3.05, 3.63) is 0 Å². The van der Waals surface area contributed by atoms with Gasteiger partial charge in [-0.25, -0.2) is 0 Å². The lowest BCUT2D eigenvalue weighted by atomic mass is 10.0. The van der Waals surface area contributed by atoms with Gasteiger partial charge in [0.15, 0.2) is 0 Å². The quantitative estimate of drug-likeness (QED) is 0.677. The molecule has 1 fully saturated rings. The van der Waals surface area contributed by atoms with Crippen molar-refractivity contribution in [3.8, 4) is 0 Å². The highest BCUT2D eigenvalue weighted by atomic mass is 35.5. The molecule has 0 spiro atoms. The van der Waals surface area contributed by atoms with Gasteiger partial charge in [-0.15, -0.1) is 11.6 Å². The SMILES string of the molecule is COCCN(C)S(=O)(=O)N1CCC(CCl)CC1. The Kier molecular flexibility index (Phi) is 6.16. The molecule has 0 aromatic heterocycles. The number of hydrogen-bond donors (Lipinski definition) is 0. The maximum absolute atomic E-state index is 12.1. The average Bonchev–Trinajstić information content (AvgIpc) is 2.35. The van der Waals surface area contributed by atoms with Crippen molar-refractivity contribution in [1.29, 1.82) is 0 Å². The summed E-state index contributed by atoms with van der Waals surface area (Å²) in [5.74, 6) is 1.07. The van der Waals surface area contributed by atoms with Crippen LogP contribution in [0.15, 0.2) is 0 Å². The molecule has 0 aromatic carbocycles. The first-order valence-corrected chi connectivity index (χ1v) is 7.71. The summed E-state index contributed by atoms with van der Waals surface area (Å²) < 4.78 is 32.1. The van der Waals surface area contributed by atoms with E-state index in [1.54, 1.807) is 14.2 Å². The van der Waals surface area contributed by atoms with Crippen LogP contribution < -0.4 is 0 Å². The molecule has 1 saturated heterocycles. The first-order valence-electron chi connectivity index (χ1n) is 5.78. The Bertz CT molecular complexity index is 316. The van der Waals surface area contributed by atoms with Crippen LogP contribution >= 0.6 is 11.6 Å². The topological polar surface area (TPSA) is 49.9 Å². The highest BCUT2D eigenvalue weighted by molar-refractivity contribution is 7.86. The molecule has 0 aromatic rings. The molecular formula is C10H21ClN2O3S. The normalized spacial score (nSPS) is 20.0. The van der Waals surface area contributed by atoms with E-state index in [1.165, 1.54) is 8.61 Å². The van der Waals surface area contributed by atoms with Gasteiger partial charge in [-0.2, -0.15) is 17.0 Å². The van der Waals surface area contributed by atoms with Crippen LogP contribution in [-0.4, -0.2) is 63.3 Å². The highest BCUT2D eigenvalue weighted by Crippen LogP contribution is 2.21. The maximum atomic E-state index is 12.1. The van der Waals surface area contributed by atoms with Crippen LogP contribution in [0.1, 0.15) is 12.8 Å². The van der Waals surface area contributed by atoms with Crippen LogP contribution in [0.4, 0.5) is 0 Å². The van der Waals surface area contributed by atoms with E-state index in [4.69, 9.17) is 16.3 Å². The molecule has 0 amide bonds. The van der Waals surface area contributed by atoms with E-state index >= 15 is 0 Å². The zero-order chi connectivity index (χ0) is 12.9. The maximum Gasteiger partial charge on any atom is 0.281 e. The van der Waals surface area contributed by atoms with Crippen LogP contribution in [0, 0.1) is 5.92 Å². The third kappa shape index (κ3) is 4.06. The van der Waals surface area contributed by atoms with E-state index in [-0.39, 0.29) is 0 Å². The largest absolute Gasteiger partial charge is 0.383 e. The molecule has 17 heavy (non-hydrogen) atoms. The summed E-state index contributed by atoms with van der Waals surface area (Å²) in [7, 11) is -0.175. The third-order valence-corrected chi connectivity index (χ3v) is 5.55. The van der Waals surface area contributed by atoms with Crippen LogP contribution in [0.25, 0.3) is 0 Å². The van der Waals surface area contributed by atoms with Gasteiger partial charge in [0.05, 0.1) is 6.61 Å². The van der Waals surface area contributed by atoms with Crippen molar-refractivity contribution in [2.45, 2.75) is 12.8 Å². The molecule has 0 radical (unpaired) electrons. The van der Waals surface area contributed by atoms with Crippen LogP contribution in [0.2, 0.25) is 0 Å². The van der Waals surface area contributed by atoms with E-state index in [0.717, 1.165) is 12.8 Å². The van der Waals surface area contributed by atoms with Gasteiger partial charge >= 0.3 is 0 Å². The number of rotatable bonds is 6. The van der Waals surface area contributed by atoms with Gasteiger partial charge in [0.1, 0.15) is 0 Å². The minimum Gasteiger partial charge on any atom is -0.383 e. The molecule has 0 atom stereocenters. The van der Waals surface area contributed by atoms with Crippen LogP contribution in [0.3, 0.4) is 0 Å². The van der Waals surface area contributed by atoms with Gasteiger partial charge in [-0.05, 0) is 18.8 Å². The molecule has 102 valence electrons. The fraction of sp³-hybridized carbons (Fsp3) is 1.00. The number of piperidine rings is 1. The first kappa shape index (κ1) is 15.2. The predicted octanol–water partition coefficient (Wildman–Crippen LogP) is 0.760. The standard InChI is InChI=1S/C10H21ClN2O3S/c1-12(7-8-16-2)17(14,15)13-5-3-10(9-11)4-6-13/h10H,3-9H2,1-2H3. The third-order valence-electron chi connectivity index (χ3n) is 3.12. The number of likely N-dealkylation sites (N-methyl/N-ethyl adjacent to an activating group) is 1. The van der Waals surface area contributed by atoms with E-state index < -0.39 is 10.2 Å². The average molecular weight is 285 g/mol. The van der Waals surface area contributed by atoms with Crippen molar-refractivity contribution in [3.63, 3.8) is 0 Å². The minimum absolute atomic E-state index is 0.383. The molecule has 0 aliphatic carbocycles. The van der Waals surface area contributed by atoms with E-state index in [9.17, 15) is 8.42 Å². The van der Waals surface area contributed by atoms with Gasteiger partial charge < -0.3 is 4.74 Å². The number of halogens is 1. The second-order valence-electron chi connectivity index (χ2n) is 4.32. The lowest BCUT2D eigenvalue weighted by Crippen LogP contribution is -2.46. The van der Waals surface area contributed by atoms with Crippen molar-refractivity contribution in [2.75, 3.05) is 46.3 Å². The lowest BCUT2D eigenvalue weighted by Gasteiger charge is -2.33. The molecule has 1 heterocycles. The molecule has 1 aliphatic rings. The summed E-state index contributed by atoms with van der Waals surface area (Å²) in [6.45, 7) is 1.93. The smallest absolute Gasteiger partial charge is 0.281 e. The Hall–Kier alpha value is 0.120. The Morgan fingerprint density at radius 3 is 2.47 bits per heavy atom.